The molecule has 0 radical (unpaired) electrons. The van der Waals surface area contributed by atoms with Gasteiger partial charge in [-0.25, -0.2) is 0 Å². The second-order valence-electron chi connectivity index (χ2n) is 5.63. The highest BCUT2D eigenvalue weighted by atomic mass is 32.1. The van der Waals surface area contributed by atoms with Crippen LogP contribution in [0.25, 0.3) is 0 Å². The third-order valence-corrected chi connectivity index (χ3v) is 4.55. The number of amides is 1. The van der Waals surface area contributed by atoms with Gasteiger partial charge in [0.25, 0.3) is 0 Å². The molecular formula is C14H22N4OS. The third kappa shape index (κ3) is 3.00. The van der Waals surface area contributed by atoms with E-state index >= 15 is 0 Å². The fourth-order valence-corrected chi connectivity index (χ4v) is 3.26. The minimum Gasteiger partial charge on any atom is -0.392 e. The summed E-state index contributed by atoms with van der Waals surface area (Å²) in [4.78, 5) is 14.9. The Morgan fingerprint density at radius 1 is 1.45 bits per heavy atom. The molecule has 0 aliphatic heterocycles. The van der Waals surface area contributed by atoms with Gasteiger partial charge in [-0.05, 0) is 12.8 Å². The van der Waals surface area contributed by atoms with Crippen molar-refractivity contribution in [1.82, 2.24) is 15.1 Å². The lowest BCUT2D eigenvalue weighted by atomic mass is 9.79. The summed E-state index contributed by atoms with van der Waals surface area (Å²) in [6.45, 7) is 0.527. The molecule has 1 aliphatic carbocycles. The molecule has 5 nitrogen and oxygen atoms in total. The first kappa shape index (κ1) is 15.0. The molecule has 3 N–H and O–H groups in total. The summed E-state index contributed by atoms with van der Waals surface area (Å²) in [6.07, 6.45) is 9.42. The lowest BCUT2D eigenvalue weighted by Gasteiger charge is -2.34. The molecule has 1 aliphatic rings. The topological polar surface area (TPSA) is 75.0 Å². The van der Waals surface area contributed by atoms with Crippen LogP contribution in [0.2, 0.25) is 0 Å². The van der Waals surface area contributed by atoms with Gasteiger partial charge < -0.3 is 10.6 Å². The number of nitrogens with zero attached hydrogens (tertiary/aromatic N) is 2. The van der Waals surface area contributed by atoms with Crippen LogP contribution in [0.1, 0.15) is 44.1 Å². The molecule has 20 heavy (non-hydrogen) atoms. The van der Waals surface area contributed by atoms with Crippen molar-refractivity contribution in [3.63, 3.8) is 0 Å². The minimum absolute atomic E-state index is 0.0492. The van der Waals surface area contributed by atoms with Crippen LogP contribution >= 0.6 is 12.2 Å². The van der Waals surface area contributed by atoms with Crippen LogP contribution in [0.4, 0.5) is 0 Å². The SMILES string of the molecule is CN(Cc1cn[nH]c1)C(=O)C1(C(N)=S)CCCCCC1. The van der Waals surface area contributed by atoms with Crippen LogP contribution in [-0.2, 0) is 11.3 Å². The van der Waals surface area contributed by atoms with Gasteiger partial charge in [0.05, 0.1) is 16.6 Å². The van der Waals surface area contributed by atoms with Crippen LogP contribution in [-0.4, -0.2) is 33.0 Å². The van der Waals surface area contributed by atoms with Crippen LogP contribution in [0.3, 0.4) is 0 Å². The van der Waals surface area contributed by atoms with Gasteiger partial charge in [-0.15, -0.1) is 0 Å². The first-order valence-corrected chi connectivity index (χ1v) is 7.50. The van der Waals surface area contributed by atoms with E-state index in [1.807, 2.05) is 0 Å². The fraction of sp³-hybridized carbons (Fsp3) is 0.643. The zero-order chi connectivity index (χ0) is 14.6. The number of hydrogen-bond acceptors (Lipinski definition) is 3. The largest absolute Gasteiger partial charge is 0.392 e. The number of hydrogen-bond donors (Lipinski definition) is 2. The lowest BCUT2D eigenvalue weighted by molar-refractivity contribution is -0.138. The summed E-state index contributed by atoms with van der Waals surface area (Å²) in [6, 6.07) is 0. The summed E-state index contributed by atoms with van der Waals surface area (Å²) in [5, 5.41) is 6.66. The second-order valence-corrected chi connectivity index (χ2v) is 6.07. The Morgan fingerprint density at radius 2 is 2.10 bits per heavy atom. The van der Waals surface area contributed by atoms with Crippen molar-refractivity contribution in [2.75, 3.05) is 7.05 Å². The molecule has 1 heterocycles. The maximum absolute atomic E-state index is 12.9. The van der Waals surface area contributed by atoms with Crippen molar-refractivity contribution >= 4 is 23.1 Å². The number of aromatic nitrogens is 2. The molecule has 1 fully saturated rings. The van der Waals surface area contributed by atoms with Gasteiger partial charge in [-0.1, -0.05) is 37.9 Å². The Morgan fingerprint density at radius 3 is 2.60 bits per heavy atom. The molecule has 6 heteroatoms. The van der Waals surface area contributed by atoms with Gasteiger partial charge in [-0.3, -0.25) is 9.89 Å². The van der Waals surface area contributed by atoms with Gasteiger partial charge in [0.1, 0.15) is 0 Å². The van der Waals surface area contributed by atoms with Crippen molar-refractivity contribution in [2.45, 2.75) is 45.1 Å². The summed E-state index contributed by atoms with van der Waals surface area (Å²) in [7, 11) is 1.81. The van der Waals surface area contributed by atoms with Crippen molar-refractivity contribution in [3.05, 3.63) is 18.0 Å². The maximum Gasteiger partial charge on any atom is 0.235 e. The summed E-state index contributed by atoms with van der Waals surface area (Å²) in [5.41, 5.74) is 6.28. The number of H-pyrrole nitrogens is 1. The van der Waals surface area contributed by atoms with Crippen LogP contribution in [0.5, 0.6) is 0 Å². The summed E-state index contributed by atoms with van der Waals surface area (Å²) < 4.78 is 0. The fourth-order valence-electron chi connectivity index (χ4n) is 2.97. The van der Waals surface area contributed by atoms with E-state index in [4.69, 9.17) is 18.0 Å². The average molecular weight is 294 g/mol. The Balaban J connectivity index is 2.15. The van der Waals surface area contributed by atoms with Crippen LogP contribution in [0.15, 0.2) is 12.4 Å². The number of nitrogens with one attached hydrogen (secondary N) is 1. The van der Waals surface area contributed by atoms with E-state index in [-0.39, 0.29) is 5.91 Å². The zero-order valence-corrected chi connectivity index (χ0v) is 12.7. The van der Waals surface area contributed by atoms with Crippen molar-refractivity contribution in [2.24, 2.45) is 11.1 Å². The number of nitrogens with two attached hydrogens (primary N) is 1. The van der Waals surface area contributed by atoms with E-state index in [0.29, 0.717) is 11.5 Å². The molecule has 1 amide bonds. The molecule has 0 atom stereocenters. The van der Waals surface area contributed by atoms with Gasteiger partial charge >= 0.3 is 0 Å². The first-order valence-electron chi connectivity index (χ1n) is 7.09. The highest BCUT2D eigenvalue weighted by molar-refractivity contribution is 7.80. The van der Waals surface area contributed by atoms with Crippen LogP contribution in [0, 0.1) is 5.41 Å². The molecule has 0 aromatic carbocycles. The molecule has 0 bridgehead atoms. The van der Waals surface area contributed by atoms with Gasteiger partial charge in [0, 0.05) is 25.4 Å². The van der Waals surface area contributed by atoms with E-state index in [9.17, 15) is 4.79 Å². The molecule has 110 valence electrons. The van der Waals surface area contributed by atoms with Gasteiger partial charge in [0.2, 0.25) is 5.91 Å². The maximum atomic E-state index is 12.9. The molecule has 0 saturated heterocycles. The summed E-state index contributed by atoms with van der Waals surface area (Å²) in [5.74, 6) is 0.0492. The number of aromatic amines is 1. The molecule has 1 aromatic heterocycles. The van der Waals surface area contributed by atoms with Gasteiger partial charge in [0.15, 0.2) is 0 Å². The van der Waals surface area contributed by atoms with E-state index < -0.39 is 5.41 Å². The quantitative estimate of drug-likeness (QED) is 0.658. The molecular weight excluding hydrogens is 272 g/mol. The first-order chi connectivity index (χ1) is 9.56. The van der Waals surface area contributed by atoms with E-state index in [1.54, 1.807) is 24.3 Å². The minimum atomic E-state index is -0.648. The number of carbonyl (C=O) groups excluding carboxylic acids is 1. The van der Waals surface area contributed by atoms with E-state index in [1.165, 1.54) is 0 Å². The molecule has 2 rings (SSSR count). The monoisotopic (exact) mass is 294 g/mol. The average Bonchev–Trinajstić information content (AvgIpc) is 2.79. The number of carbonyl (C=O) groups is 1. The lowest BCUT2D eigenvalue weighted by Crippen LogP contribution is -2.49. The standard InChI is InChI=1S/C14H22N4OS/c1-18(10-11-8-16-17-9-11)13(19)14(12(15)20)6-4-2-3-5-7-14/h8-9H,2-7,10H2,1H3,(H2,15,20)(H,16,17). The van der Waals surface area contributed by atoms with E-state index in [0.717, 1.165) is 44.1 Å². The highest BCUT2D eigenvalue weighted by Crippen LogP contribution is 2.37. The Bertz CT molecular complexity index is 464. The highest BCUT2D eigenvalue weighted by Gasteiger charge is 2.43. The van der Waals surface area contributed by atoms with E-state index in [2.05, 4.69) is 10.2 Å². The predicted octanol–water partition coefficient (Wildman–Crippen LogP) is 1.99. The smallest absolute Gasteiger partial charge is 0.235 e. The summed E-state index contributed by atoms with van der Waals surface area (Å²) >= 11 is 5.24. The second kappa shape index (κ2) is 6.35. The molecule has 1 aromatic rings. The Kier molecular flexibility index (Phi) is 4.75. The van der Waals surface area contributed by atoms with Crippen molar-refractivity contribution in [3.8, 4) is 0 Å². The van der Waals surface area contributed by atoms with Crippen LogP contribution < -0.4 is 5.73 Å². The molecule has 1 saturated carbocycles. The normalized spacial score (nSPS) is 18.2. The number of rotatable bonds is 4. The van der Waals surface area contributed by atoms with Crippen molar-refractivity contribution < 1.29 is 4.79 Å². The third-order valence-electron chi connectivity index (χ3n) is 4.16. The Hall–Kier alpha value is -1.43. The predicted molar refractivity (Wildman–Crippen MR) is 82.0 cm³/mol. The zero-order valence-electron chi connectivity index (χ0n) is 11.9. The van der Waals surface area contributed by atoms with Crippen molar-refractivity contribution in [1.29, 1.82) is 0 Å². The Labute approximate surface area is 124 Å². The number of thiocarbonyl (C=S) groups is 1. The van der Waals surface area contributed by atoms with Gasteiger partial charge in [-0.2, -0.15) is 5.10 Å². The molecule has 0 unspecified atom stereocenters. The molecule has 0 spiro atoms.